The highest BCUT2D eigenvalue weighted by atomic mass is 32.2. The van der Waals surface area contributed by atoms with Crippen LogP contribution in [-0.2, 0) is 11.8 Å². The van der Waals surface area contributed by atoms with Crippen LogP contribution >= 0.6 is 11.8 Å². The second-order valence-corrected chi connectivity index (χ2v) is 6.98. The van der Waals surface area contributed by atoms with Crippen LogP contribution in [-0.4, -0.2) is 62.9 Å². The van der Waals surface area contributed by atoms with Crippen molar-refractivity contribution in [2.75, 3.05) is 31.9 Å². The first-order valence-corrected chi connectivity index (χ1v) is 9.10. The summed E-state index contributed by atoms with van der Waals surface area (Å²) in [7, 11) is 1.80. The van der Waals surface area contributed by atoms with Gasteiger partial charge in [-0.25, -0.2) is 4.68 Å². The number of tetrazole rings is 1. The van der Waals surface area contributed by atoms with E-state index in [1.54, 1.807) is 11.7 Å². The van der Waals surface area contributed by atoms with Crippen LogP contribution in [0.5, 0.6) is 0 Å². The van der Waals surface area contributed by atoms with Crippen LogP contribution in [0.2, 0.25) is 0 Å². The Morgan fingerprint density at radius 3 is 2.96 bits per heavy atom. The predicted octanol–water partition coefficient (Wildman–Crippen LogP) is 0.908. The zero-order chi connectivity index (χ0) is 16.8. The molecule has 1 fully saturated rings. The van der Waals surface area contributed by atoms with Gasteiger partial charge in [-0.1, -0.05) is 42.1 Å². The molecule has 0 bridgehead atoms. The Balaban J connectivity index is 1.35. The molecular formula is C16H22N6OS. The lowest BCUT2D eigenvalue weighted by atomic mass is 9.99. The molecule has 1 amide bonds. The number of thioether (sulfide) groups is 1. The van der Waals surface area contributed by atoms with Crippen LogP contribution in [0.1, 0.15) is 17.9 Å². The molecule has 0 aliphatic carbocycles. The summed E-state index contributed by atoms with van der Waals surface area (Å²) in [5.41, 5.74) is 1.37. The van der Waals surface area contributed by atoms with Crippen LogP contribution in [0.15, 0.2) is 35.5 Å². The second-order valence-electron chi connectivity index (χ2n) is 5.91. The van der Waals surface area contributed by atoms with Gasteiger partial charge >= 0.3 is 0 Å². The standard InChI is InChI=1S/C16H22N6OS/c1-21-16(18-19-20-21)24-10-8-17-15(23)12-22-9-7-14(11-22)13-5-3-2-4-6-13/h2-6,14H,7-12H2,1H3,(H,17,23)/t14-/m0/s1. The number of nitrogens with one attached hydrogen (secondary N) is 1. The molecule has 1 aliphatic rings. The number of benzene rings is 1. The van der Waals surface area contributed by atoms with E-state index < -0.39 is 0 Å². The summed E-state index contributed by atoms with van der Waals surface area (Å²) in [6, 6.07) is 10.5. The van der Waals surface area contributed by atoms with Gasteiger partial charge in [0.05, 0.1) is 6.54 Å². The smallest absolute Gasteiger partial charge is 0.234 e. The van der Waals surface area contributed by atoms with Gasteiger partial charge in [-0.2, -0.15) is 0 Å². The number of amides is 1. The molecule has 0 saturated carbocycles. The normalized spacial score (nSPS) is 18.0. The van der Waals surface area contributed by atoms with E-state index in [0.29, 0.717) is 19.0 Å². The molecule has 8 heteroatoms. The zero-order valence-electron chi connectivity index (χ0n) is 13.8. The Morgan fingerprint density at radius 2 is 2.21 bits per heavy atom. The van der Waals surface area contributed by atoms with E-state index in [1.165, 1.54) is 17.3 Å². The lowest BCUT2D eigenvalue weighted by Gasteiger charge is -2.15. The highest BCUT2D eigenvalue weighted by Gasteiger charge is 2.24. The summed E-state index contributed by atoms with van der Waals surface area (Å²) in [4.78, 5) is 14.3. The number of hydrogen-bond acceptors (Lipinski definition) is 6. The van der Waals surface area contributed by atoms with Gasteiger partial charge in [0, 0.05) is 25.9 Å². The maximum absolute atomic E-state index is 12.1. The first kappa shape index (κ1) is 16.9. The van der Waals surface area contributed by atoms with Gasteiger partial charge in [-0.3, -0.25) is 9.69 Å². The van der Waals surface area contributed by atoms with E-state index in [4.69, 9.17) is 0 Å². The number of nitrogens with zero attached hydrogens (tertiary/aromatic N) is 5. The van der Waals surface area contributed by atoms with E-state index in [-0.39, 0.29) is 5.91 Å². The molecule has 1 aromatic heterocycles. The maximum atomic E-state index is 12.1. The van der Waals surface area contributed by atoms with E-state index in [2.05, 4.69) is 50.0 Å². The fourth-order valence-electron chi connectivity index (χ4n) is 2.91. The lowest BCUT2D eigenvalue weighted by Crippen LogP contribution is -2.37. The Bertz CT molecular complexity index is 662. The maximum Gasteiger partial charge on any atom is 0.234 e. The van der Waals surface area contributed by atoms with Gasteiger partial charge in [0.15, 0.2) is 0 Å². The molecule has 1 N–H and O–H groups in total. The van der Waals surface area contributed by atoms with E-state index in [9.17, 15) is 4.79 Å². The minimum atomic E-state index is 0.0837. The summed E-state index contributed by atoms with van der Waals surface area (Å²) in [6.45, 7) is 3.02. The molecule has 24 heavy (non-hydrogen) atoms. The monoisotopic (exact) mass is 346 g/mol. The minimum Gasteiger partial charge on any atom is -0.354 e. The molecule has 1 aliphatic heterocycles. The van der Waals surface area contributed by atoms with Crippen molar-refractivity contribution < 1.29 is 4.79 Å². The average Bonchev–Trinajstić information content (AvgIpc) is 3.22. The van der Waals surface area contributed by atoms with Crippen LogP contribution in [0.4, 0.5) is 0 Å². The number of carbonyl (C=O) groups excluding carboxylic acids is 1. The SMILES string of the molecule is Cn1nnnc1SCCNC(=O)CN1CC[C@H](c2ccccc2)C1. The van der Waals surface area contributed by atoms with Crippen molar-refractivity contribution in [1.82, 2.24) is 30.4 Å². The van der Waals surface area contributed by atoms with E-state index >= 15 is 0 Å². The van der Waals surface area contributed by atoms with Crippen molar-refractivity contribution in [1.29, 1.82) is 0 Å². The van der Waals surface area contributed by atoms with Gasteiger partial charge in [0.1, 0.15) is 0 Å². The highest BCUT2D eigenvalue weighted by Crippen LogP contribution is 2.26. The molecule has 1 saturated heterocycles. The zero-order valence-corrected chi connectivity index (χ0v) is 14.6. The van der Waals surface area contributed by atoms with Gasteiger partial charge in [-0.15, -0.1) is 5.10 Å². The van der Waals surface area contributed by atoms with E-state index in [0.717, 1.165) is 30.4 Å². The molecule has 7 nitrogen and oxygen atoms in total. The quantitative estimate of drug-likeness (QED) is 0.593. The number of hydrogen-bond donors (Lipinski definition) is 1. The number of aromatic nitrogens is 4. The van der Waals surface area contributed by atoms with E-state index in [1.807, 2.05) is 6.07 Å². The number of carbonyl (C=O) groups is 1. The molecule has 0 unspecified atom stereocenters. The third-order valence-electron chi connectivity index (χ3n) is 4.15. The molecule has 128 valence electrons. The molecule has 1 atom stereocenters. The first-order chi connectivity index (χ1) is 11.7. The molecule has 0 spiro atoms. The lowest BCUT2D eigenvalue weighted by molar-refractivity contribution is -0.121. The summed E-state index contributed by atoms with van der Waals surface area (Å²) >= 11 is 1.53. The van der Waals surface area contributed by atoms with Crippen molar-refractivity contribution in [3.8, 4) is 0 Å². The highest BCUT2D eigenvalue weighted by molar-refractivity contribution is 7.99. The van der Waals surface area contributed by atoms with Gasteiger partial charge in [0.25, 0.3) is 0 Å². The number of aryl methyl sites for hydroxylation is 1. The Labute approximate surface area is 145 Å². The minimum absolute atomic E-state index is 0.0837. The molecular weight excluding hydrogens is 324 g/mol. The Kier molecular flexibility index (Phi) is 5.81. The summed E-state index contributed by atoms with van der Waals surface area (Å²) in [6.07, 6.45) is 1.12. The van der Waals surface area contributed by atoms with Gasteiger partial charge in [-0.05, 0) is 34.9 Å². The molecule has 2 heterocycles. The Morgan fingerprint density at radius 1 is 1.38 bits per heavy atom. The summed E-state index contributed by atoms with van der Waals surface area (Å²) in [5, 5.41) is 15.0. The van der Waals surface area contributed by atoms with Gasteiger partial charge < -0.3 is 5.32 Å². The molecule has 3 rings (SSSR count). The topological polar surface area (TPSA) is 75.9 Å². The van der Waals surface area contributed by atoms with Crippen LogP contribution in [0, 0.1) is 0 Å². The second kappa shape index (κ2) is 8.25. The van der Waals surface area contributed by atoms with Crippen molar-refractivity contribution >= 4 is 17.7 Å². The third kappa shape index (κ3) is 4.55. The first-order valence-electron chi connectivity index (χ1n) is 8.11. The molecule has 0 radical (unpaired) electrons. The number of likely N-dealkylation sites (tertiary alicyclic amines) is 1. The largest absolute Gasteiger partial charge is 0.354 e. The van der Waals surface area contributed by atoms with Gasteiger partial charge in [0.2, 0.25) is 11.1 Å². The predicted molar refractivity (Wildman–Crippen MR) is 92.8 cm³/mol. The third-order valence-corrected chi connectivity index (χ3v) is 5.16. The van der Waals surface area contributed by atoms with Crippen molar-refractivity contribution in [2.45, 2.75) is 17.5 Å². The van der Waals surface area contributed by atoms with Crippen molar-refractivity contribution in [2.24, 2.45) is 7.05 Å². The van der Waals surface area contributed by atoms with Crippen molar-refractivity contribution in [3.63, 3.8) is 0 Å². The van der Waals surface area contributed by atoms with Crippen molar-refractivity contribution in [3.05, 3.63) is 35.9 Å². The number of rotatable bonds is 7. The summed E-state index contributed by atoms with van der Waals surface area (Å²) in [5.74, 6) is 1.38. The fourth-order valence-corrected chi connectivity index (χ4v) is 3.61. The Hall–Kier alpha value is -1.93. The average molecular weight is 346 g/mol. The molecule has 1 aromatic carbocycles. The van der Waals surface area contributed by atoms with Crippen LogP contribution in [0.3, 0.4) is 0 Å². The summed E-state index contributed by atoms with van der Waals surface area (Å²) < 4.78 is 1.63. The van der Waals surface area contributed by atoms with Crippen LogP contribution in [0.25, 0.3) is 0 Å². The van der Waals surface area contributed by atoms with Crippen LogP contribution < -0.4 is 5.32 Å². The fraction of sp³-hybridized carbons (Fsp3) is 0.500. The molecule has 2 aromatic rings.